The zero-order valence-corrected chi connectivity index (χ0v) is 16.1. The van der Waals surface area contributed by atoms with Crippen molar-refractivity contribution in [1.82, 2.24) is 4.90 Å². The smallest absolute Gasteiger partial charge is 0.260 e. The van der Waals surface area contributed by atoms with Gasteiger partial charge in [0.05, 0.1) is 0 Å². The minimum Gasteiger partial charge on any atom is -0.484 e. The van der Waals surface area contributed by atoms with E-state index in [0.717, 1.165) is 31.5 Å². The molecule has 0 spiro atoms. The quantitative estimate of drug-likeness (QED) is 0.769. The first kappa shape index (κ1) is 20.6. The van der Waals surface area contributed by atoms with E-state index >= 15 is 0 Å². The third-order valence-electron chi connectivity index (χ3n) is 4.42. The van der Waals surface area contributed by atoms with Crippen LogP contribution in [0.4, 0.5) is 11.4 Å². The van der Waals surface area contributed by atoms with E-state index in [9.17, 15) is 9.59 Å². The van der Waals surface area contributed by atoms with Crippen LogP contribution in [0.5, 0.6) is 5.75 Å². The molecule has 1 aliphatic rings. The van der Waals surface area contributed by atoms with Crippen molar-refractivity contribution in [3.8, 4) is 5.75 Å². The number of carbonyl (C=O) groups is 2. The van der Waals surface area contributed by atoms with Gasteiger partial charge in [0.1, 0.15) is 5.75 Å². The number of anilines is 2. The van der Waals surface area contributed by atoms with Gasteiger partial charge in [-0.3, -0.25) is 9.59 Å². The van der Waals surface area contributed by atoms with Crippen molar-refractivity contribution in [3.63, 3.8) is 0 Å². The second-order valence-corrected chi connectivity index (χ2v) is 6.43. The number of likely N-dealkylation sites (tertiary alicyclic amines) is 1. The summed E-state index contributed by atoms with van der Waals surface area (Å²) in [6.07, 6.45) is 2.10. The molecule has 6 nitrogen and oxygen atoms in total. The van der Waals surface area contributed by atoms with Gasteiger partial charge in [0.2, 0.25) is 0 Å². The molecular weight excluding hydrogens is 366 g/mol. The molecule has 0 radical (unpaired) electrons. The van der Waals surface area contributed by atoms with E-state index in [2.05, 4.69) is 5.32 Å². The first-order valence-corrected chi connectivity index (χ1v) is 8.71. The first-order chi connectivity index (χ1) is 12.5. The number of carbonyl (C=O) groups excluding carboxylic acids is 2. The molecule has 1 saturated heterocycles. The molecule has 3 rings (SSSR count). The summed E-state index contributed by atoms with van der Waals surface area (Å²) >= 11 is 0. The Labute approximate surface area is 165 Å². The lowest BCUT2D eigenvalue weighted by Gasteiger charge is -2.16. The minimum absolute atomic E-state index is 0. The second-order valence-electron chi connectivity index (χ2n) is 6.43. The molecule has 2 aromatic rings. The fourth-order valence-electron chi connectivity index (χ4n) is 2.95. The van der Waals surface area contributed by atoms with E-state index in [-0.39, 0.29) is 30.8 Å². The third-order valence-corrected chi connectivity index (χ3v) is 4.42. The van der Waals surface area contributed by atoms with Gasteiger partial charge < -0.3 is 20.7 Å². The number of halogens is 1. The first-order valence-electron chi connectivity index (χ1n) is 8.71. The topological polar surface area (TPSA) is 84.7 Å². The number of ether oxygens (including phenoxy) is 1. The standard InChI is InChI=1S/C20H23N3O3.ClH/c1-14-7-8-15(21)11-18(14)20(25)22-16-5-4-6-17(12-16)26-13-19(24)23-9-2-3-10-23;/h4-8,11-12H,2-3,9-10,13,21H2,1H3,(H,22,25);1H. The summed E-state index contributed by atoms with van der Waals surface area (Å²) in [6, 6.07) is 12.2. The van der Waals surface area contributed by atoms with Gasteiger partial charge in [-0.2, -0.15) is 0 Å². The molecule has 1 fully saturated rings. The molecule has 1 aliphatic heterocycles. The van der Waals surface area contributed by atoms with E-state index in [1.54, 1.807) is 36.4 Å². The zero-order chi connectivity index (χ0) is 18.5. The fourth-order valence-corrected chi connectivity index (χ4v) is 2.95. The van der Waals surface area contributed by atoms with Gasteiger partial charge in [0, 0.05) is 36.1 Å². The summed E-state index contributed by atoms with van der Waals surface area (Å²) < 4.78 is 5.59. The number of nitrogen functional groups attached to an aromatic ring is 1. The Morgan fingerprint density at radius 1 is 1.15 bits per heavy atom. The molecule has 0 unspecified atom stereocenters. The van der Waals surface area contributed by atoms with Crippen molar-refractivity contribution in [2.45, 2.75) is 19.8 Å². The number of nitrogens with one attached hydrogen (secondary N) is 1. The van der Waals surface area contributed by atoms with E-state index in [1.807, 2.05) is 17.9 Å². The molecule has 0 saturated carbocycles. The Bertz CT molecular complexity index is 820. The van der Waals surface area contributed by atoms with Gasteiger partial charge in [0.15, 0.2) is 6.61 Å². The number of rotatable bonds is 5. The number of hydrogen-bond acceptors (Lipinski definition) is 4. The number of nitrogens with two attached hydrogens (primary N) is 1. The maximum absolute atomic E-state index is 12.5. The van der Waals surface area contributed by atoms with Crippen LogP contribution in [0.3, 0.4) is 0 Å². The summed E-state index contributed by atoms with van der Waals surface area (Å²) in [4.78, 5) is 26.3. The Kier molecular flexibility index (Phi) is 7.07. The van der Waals surface area contributed by atoms with Gasteiger partial charge in [-0.1, -0.05) is 12.1 Å². The molecule has 0 atom stereocenters. The van der Waals surface area contributed by atoms with Gasteiger partial charge in [-0.05, 0) is 49.6 Å². The van der Waals surface area contributed by atoms with Crippen molar-refractivity contribution in [3.05, 3.63) is 53.6 Å². The minimum atomic E-state index is -0.236. The van der Waals surface area contributed by atoms with Gasteiger partial charge >= 0.3 is 0 Å². The number of benzene rings is 2. The predicted octanol–water partition coefficient (Wildman–Crippen LogP) is 3.25. The summed E-state index contributed by atoms with van der Waals surface area (Å²) in [5.41, 5.74) is 8.28. The maximum Gasteiger partial charge on any atom is 0.260 e. The molecule has 3 N–H and O–H groups in total. The fraction of sp³-hybridized carbons (Fsp3) is 0.300. The Morgan fingerprint density at radius 2 is 1.89 bits per heavy atom. The molecule has 7 heteroatoms. The average molecular weight is 390 g/mol. The lowest BCUT2D eigenvalue weighted by Crippen LogP contribution is -2.32. The molecular formula is C20H24ClN3O3. The highest BCUT2D eigenvalue weighted by Crippen LogP contribution is 2.20. The lowest BCUT2D eigenvalue weighted by molar-refractivity contribution is -0.132. The van der Waals surface area contributed by atoms with Crippen LogP contribution in [0, 0.1) is 6.92 Å². The molecule has 2 amide bonds. The summed E-state index contributed by atoms with van der Waals surface area (Å²) in [7, 11) is 0. The van der Waals surface area contributed by atoms with E-state index < -0.39 is 0 Å². The van der Waals surface area contributed by atoms with Crippen LogP contribution in [0.1, 0.15) is 28.8 Å². The molecule has 27 heavy (non-hydrogen) atoms. The number of amides is 2. The third kappa shape index (κ3) is 5.37. The summed E-state index contributed by atoms with van der Waals surface area (Å²) in [5, 5.41) is 2.84. The van der Waals surface area contributed by atoms with Crippen LogP contribution >= 0.6 is 12.4 Å². The van der Waals surface area contributed by atoms with Crippen LogP contribution in [-0.2, 0) is 4.79 Å². The highest BCUT2D eigenvalue weighted by molar-refractivity contribution is 6.05. The average Bonchev–Trinajstić information content (AvgIpc) is 3.17. The highest BCUT2D eigenvalue weighted by atomic mass is 35.5. The van der Waals surface area contributed by atoms with Crippen molar-refractivity contribution in [1.29, 1.82) is 0 Å². The number of aryl methyl sites for hydroxylation is 1. The number of hydrogen-bond donors (Lipinski definition) is 2. The van der Waals surface area contributed by atoms with Gasteiger partial charge in [-0.15, -0.1) is 12.4 Å². The van der Waals surface area contributed by atoms with Crippen molar-refractivity contribution in [2.75, 3.05) is 30.7 Å². The molecule has 144 valence electrons. The summed E-state index contributed by atoms with van der Waals surface area (Å²) in [5.74, 6) is 0.298. The van der Waals surface area contributed by atoms with Crippen LogP contribution in [-0.4, -0.2) is 36.4 Å². The largest absolute Gasteiger partial charge is 0.484 e. The highest BCUT2D eigenvalue weighted by Gasteiger charge is 2.18. The van der Waals surface area contributed by atoms with E-state index in [1.165, 1.54) is 0 Å². The van der Waals surface area contributed by atoms with Gasteiger partial charge in [-0.25, -0.2) is 0 Å². The van der Waals surface area contributed by atoms with Crippen LogP contribution in [0.2, 0.25) is 0 Å². The van der Waals surface area contributed by atoms with Crippen LogP contribution in [0.15, 0.2) is 42.5 Å². The van der Waals surface area contributed by atoms with Gasteiger partial charge in [0.25, 0.3) is 11.8 Å². The summed E-state index contributed by atoms with van der Waals surface area (Å²) in [6.45, 7) is 3.47. The second kappa shape index (κ2) is 9.28. The Hall–Kier alpha value is -2.73. The van der Waals surface area contributed by atoms with E-state index in [4.69, 9.17) is 10.5 Å². The Morgan fingerprint density at radius 3 is 2.63 bits per heavy atom. The van der Waals surface area contributed by atoms with Crippen molar-refractivity contribution >= 4 is 35.6 Å². The molecule has 0 aliphatic carbocycles. The SMILES string of the molecule is Cc1ccc(N)cc1C(=O)Nc1cccc(OCC(=O)N2CCCC2)c1.Cl. The van der Waals surface area contributed by atoms with E-state index in [0.29, 0.717) is 22.7 Å². The molecule has 0 aromatic heterocycles. The van der Waals surface area contributed by atoms with Crippen molar-refractivity contribution < 1.29 is 14.3 Å². The normalized spacial score (nSPS) is 13.0. The maximum atomic E-state index is 12.5. The Balaban J connectivity index is 0.00000261. The molecule has 0 bridgehead atoms. The number of nitrogens with zero attached hydrogens (tertiary/aromatic N) is 1. The molecule has 1 heterocycles. The lowest BCUT2D eigenvalue weighted by atomic mass is 10.1. The van der Waals surface area contributed by atoms with Crippen LogP contribution in [0.25, 0.3) is 0 Å². The zero-order valence-electron chi connectivity index (χ0n) is 15.2. The predicted molar refractivity (Wildman–Crippen MR) is 109 cm³/mol. The van der Waals surface area contributed by atoms with Crippen LogP contribution < -0.4 is 15.8 Å². The molecule has 2 aromatic carbocycles. The monoisotopic (exact) mass is 389 g/mol. The van der Waals surface area contributed by atoms with Crippen molar-refractivity contribution in [2.24, 2.45) is 0 Å².